The van der Waals surface area contributed by atoms with Crippen LogP contribution in [-0.4, -0.2) is 35.9 Å². The predicted octanol–water partition coefficient (Wildman–Crippen LogP) is 4.05. The highest BCUT2D eigenvalue weighted by molar-refractivity contribution is 7.14. The number of hydrogen-bond donors (Lipinski definition) is 1. The molecule has 1 aromatic carbocycles. The number of carbonyl (C=O) groups excluding carboxylic acids is 2. The molecule has 0 spiro atoms. The van der Waals surface area contributed by atoms with Crippen LogP contribution in [0, 0.1) is 0 Å². The molecule has 1 N–H and O–H groups in total. The van der Waals surface area contributed by atoms with Crippen LogP contribution in [-0.2, 0) is 4.79 Å². The van der Waals surface area contributed by atoms with Crippen molar-refractivity contribution >= 4 is 45.2 Å². The summed E-state index contributed by atoms with van der Waals surface area (Å²) in [5, 5.41) is 14.6. The predicted molar refractivity (Wildman–Crippen MR) is 111 cm³/mol. The number of nitrogens with zero attached hydrogens (tertiary/aromatic N) is 3. The number of hydrogen-bond acceptors (Lipinski definition) is 7. The Hall–Kier alpha value is -2.97. The fraction of sp³-hybridized carbons (Fsp3) is 0.150. The molecule has 1 aliphatic heterocycles. The van der Waals surface area contributed by atoms with Crippen LogP contribution >= 0.6 is 22.7 Å². The smallest absolute Gasteiger partial charge is 0.296 e. The molecule has 6 nitrogen and oxygen atoms in total. The van der Waals surface area contributed by atoms with E-state index in [0.29, 0.717) is 10.0 Å². The quantitative estimate of drug-likeness (QED) is 0.641. The molecule has 0 bridgehead atoms. The van der Waals surface area contributed by atoms with E-state index in [1.807, 2.05) is 43.3 Å². The summed E-state index contributed by atoms with van der Waals surface area (Å²) < 4.78 is 0. The van der Waals surface area contributed by atoms with Crippen LogP contribution in [0.3, 0.4) is 0 Å². The Morgan fingerprint density at radius 3 is 2.46 bits per heavy atom. The Balaban J connectivity index is 1.85. The maximum Gasteiger partial charge on any atom is 0.296 e. The molecule has 1 atom stereocenters. The average molecular weight is 412 g/mol. The highest BCUT2D eigenvalue weighted by Crippen LogP contribution is 2.43. The number of anilines is 2. The molecule has 2 aromatic heterocycles. The molecule has 1 unspecified atom stereocenters. The van der Waals surface area contributed by atoms with Crippen molar-refractivity contribution in [2.24, 2.45) is 0 Å². The molecule has 142 valence electrons. The molecular formula is C20H17N3O3S2. The van der Waals surface area contributed by atoms with E-state index in [1.165, 1.54) is 27.6 Å². The Bertz CT molecular complexity index is 1040. The van der Waals surface area contributed by atoms with Gasteiger partial charge in [0.05, 0.1) is 16.5 Å². The van der Waals surface area contributed by atoms with E-state index in [-0.39, 0.29) is 11.4 Å². The number of carbonyl (C=O) groups is 2. The van der Waals surface area contributed by atoms with E-state index < -0.39 is 17.7 Å². The number of ketones is 1. The second kappa shape index (κ2) is 7.21. The first-order valence-corrected chi connectivity index (χ1v) is 10.3. The van der Waals surface area contributed by atoms with Crippen LogP contribution in [0.1, 0.15) is 21.3 Å². The Morgan fingerprint density at radius 2 is 1.89 bits per heavy atom. The Morgan fingerprint density at radius 1 is 1.14 bits per heavy atom. The monoisotopic (exact) mass is 411 g/mol. The largest absolute Gasteiger partial charge is 0.503 e. The lowest BCUT2D eigenvalue weighted by molar-refractivity contribution is -0.117. The Kier molecular flexibility index (Phi) is 4.74. The van der Waals surface area contributed by atoms with Crippen LogP contribution in [0.2, 0.25) is 0 Å². The lowest BCUT2D eigenvalue weighted by Gasteiger charge is -2.25. The molecule has 1 amide bonds. The molecule has 0 saturated heterocycles. The van der Waals surface area contributed by atoms with Crippen molar-refractivity contribution in [3.8, 4) is 0 Å². The molecule has 3 heterocycles. The number of thiazole rings is 1. The summed E-state index contributed by atoms with van der Waals surface area (Å²) in [5.41, 5.74) is 1.81. The lowest BCUT2D eigenvalue weighted by Crippen LogP contribution is -2.30. The number of Topliss-reactive ketones (excluding diaryl/α,β-unsaturated/α-hetero) is 1. The van der Waals surface area contributed by atoms with Crippen molar-refractivity contribution in [2.75, 3.05) is 23.9 Å². The molecule has 0 fully saturated rings. The lowest BCUT2D eigenvalue weighted by atomic mass is 9.95. The highest BCUT2D eigenvalue weighted by Gasteiger charge is 2.45. The summed E-state index contributed by atoms with van der Waals surface area (Å²) >= 11 is 2.56. The summed E-state index contributed by atoms with van der Waals surface area (Å²) in [6.45, 7) is 0. The van der Waals surface area contributed by atoms with Gasteiger partial charge in [0.1, 0.15) is 0 Å². The molecule has 4 rings (SSSR count). The summed E-state index contributed by atoms with van der Waals surface area (Å²) in [7, 11) is 3.88. The van der Waals surface area contributed by atoms with Gasteiger partial charge in [0.25, 0.3) is 5.91 Å². The number of amides is 1. The van der Waals surface area contributed by atoms with Crippen LogP contribution in [0.4, 0.5) is 10.8 Å². The van der Waals surface area contributed by atoms with Gasteiger partial charge in [0.15, 0.2) is 10.9 Å². The van der Waals surface area contributed by atoms with Crippen molar-refractivity contribution < 1.29 is 14.7 Å². The third-order valence-corrected chi connectivity index (χ3v) is 6.19. The Labute approximate surface area is 170 Å². The van der Waals surface area contributed by atoms with Crippen molar-refractivity contribution in [2.45, 2.75) is 6.04 Å². The van der Waals surface area contributed by atoms with Gasteiger partial charge < -0.3 is 10.0 Å². The van der Waals surface area contributed by atoms with Gasteiger partial charge in [-0.2, -0.15) is 0 Å². The number of aromatic nitrogens is 1. The number of rotatable bonds is 5. The fourth-order valence-corrected chi connectivity index (χ4v) is 4.52. The van der Waals surface area contributed by atoms with Gasteiger partial charge in [0.2, 0.25) is 5.78 Å². The van der Waals surface area contributed by atoms with Crippen molar-refractivity contribution in [1.82, 2.24) is 4.98 Å². The normalized spacial score (nSPS) is 16.7. The van der Waals surface area contributed by atoms with Crippen molar-refractivity contribution in [3.63, 3.8) is 0 Å². The summed E-state index contributed by atoms with van der Waals surface area (Å²) in [5.74, 6) is -1.48. The maximum absolute atomic E-state index is 13.1. The van der Waals surface area contributed by atoms with Crippen molar-refractivity contribution in [3.05, 3.63) is 75.1 Å². The van der Waals surface area contributed by atoms with Gasteiger partial charge in [0, 0.05) is 31.4 Å². The van der Waals surface area contributed by atoms with E-state index in [4.69, 9.17) is 0 Å². The van der Waals surface area contributed by atoms with Crippen LogP contribution in [0.5, 0.6) is 0 Å². The van der Waals surface area contributed by atoms with E-state index in [2.05, 4.69) is 4.98 Å². The summed E-state index contributed by atoms with van der Waals surface area (Å²) in [4.78, 5) is 34.1. The van der Waals surface area contributed by atoms with Gasteiger partial charge in [-0.15, -0.1) is 22.7 Å². The SMILES string of the molecule is CN(C)c1ccc(C2C(C(=O)c3cccs3)=C(O)C(=O)N2c2nccs2)cc1. The molecule has 1 aliphatic rings. The topological polar surface area (TPSA) is 73.7 Å². The number of thiophene rings is 1. The molecule has 0 saturated carbocycles. The first-order valence-electron chi connectivity index (χ1n) is 8.50. The number of benzene rings is 1. The first-order chi connectivity index (χ1) is 13.5. The van der Waals surface area contributed by atoms with Crippen LogP contribution in [0.25, 0.3) is 0 Å². The molecule has 28 heavy (non-hydrogen) atoms. The van der Waals surface area contributed by atoms with E-state index in [0.717, 1.165) is 11.3 Å². The standard InChI is InChI=1S/C20H17N3O3S2/c1-22(2)13-7-5-12(6-8-13)16-15(17(24)14-4-3-10-27-14)18(25)19(26)23(16)20-21-9-11-28-20/h3-11,16,25H,1-2H3. The van der Waals surface area contributed by atoms with E-state index >= 15 is 0 Å². The van der Waals surface area contributed by atoms with Gasteiger partial charge in [-0.1, -0.05) is 18.2 Å². The van der Waals surface area contributed by atoms with Gasteiger partial charge in [-0.25, -0.2) is 4.98 Å². The fourth-order valence-electron chi connectivity index (χ4n) is 3.18. The second-order valence-electron chi connectivity index (χ2n) is 6.45. The molecule has 3 aromatic rings. The zero-order chi connectivity index (χ0) is 19.8. The minimum absolute atomic E-state index is 0.0836. The molecule has 8 heteroatoms. The third-order valence-electron chi connectivity index (χ3n) is 4.55. The zero-order valence-electron chi connectivity index (χ0n) is 15.2. The summed E-state index contributed by atoms with van der Waals surface area (Å²) in [6.07, 6.45) is 1.59. The first kappa shape index (κ1) is 18.4. The van der Waals surface area contributed by atoms with E-state index in [1.54, 1.807) is 29.1 Å². The average Bonchev–Trinajstić information content (AvgIpc) is 3.43. The zero-order valence-corrected chi connectivity index (χ0v) is 16.8. The molecular weight excluding hydrogens is 394 g/mol. The van der Waals surface area contributed by atoms with Crippen molar-refractivity contribution in [1.29, 1.82) is 0 Å². The minimum Gasteiger partial charge on any atom is -0.503 e. The molecule has 0 radical (unpaired) electrons. The number of aliphatic hydroxyl groups is 1. The second-order valence-corrected chi connectivity index (χ2v) is 8.27. The van der Waals surface area contributed by atoms with Gasteiger partial charge >= 0.3 is 0 Å². The maximum atomic E-state index is 13.1. The van der Waals surface area contributed by atoms with Crippen LogP contribution in [0.15, 0.2) is 64.7 Å². The van der Waals surface area contributed by atoms with Crippen LogP contribution < -0.4 is 9.80 Å². The van der Waals surface area contributed by atoms with Gasteiger partial charge in [-0.05, 0) is 29.1 Å². The number of aliphatic hydroxyl groups excluding tert-OH is 1. The summed E-state index contributed by atoms with van der Waals surface area (Å²) in [6, 6.07) is 10.3. The van der Waals surface area contributed by atoms with Gasteiger partial charge in [-0.3, -0.25) is 14.5 Å². The minimum atomic E-state index is -0.732. The highest BCUT2D eigenvalue weighted by atomic mass is 32.1. The van der Waals surface area contributed by atoms with E-state index in [9.17, 15) is 14.7 Å². The molecule has 0 aliphatic carbocycles. The third kappa shape index (κ3) is 3.00.